The van der Waals surface area contributed by atoms with Crippen LogP contribution >= 0.6 is 0 Å². The second-order valence-electron chi connectivity index (χ2n) is 8.99. The third-order valence-corrected chi connectivity index (χ3v) is 6.80. The Kier molecular flexibility index (Phi) is 5.75. The molecular formula is C24H28N2O7. The van der Waals surface area contributed by atoms with E-state index in [2.05, 4.69) is 35.0 Å². The minimum atomic E-state index is -1.75. The Labute approximate surface area is 191 Å². The third-order valence-electron chi connectivity index (χ3n) is 6.80. The highest BCUT2D eigenvalue weighted by Crippen LogP contribution is 2.40. The van der Waals surface area contributed by atoms with Crippen molar-refractivity contribution in [1.29, 1.82) is 0 Å². The standard InChI is InChI=1S/C24H28N2O7/c1-25-8-9-26-17-5-3-2-4-13(17)10-14-11-15(6-7-16(14)18(26)12-25)32-24-21(29)19(27)20(28)22(33-24)23(30)31/h2-7,11,18-22,24,27-29H,8-10,12H2,1H3,(H,30,31)/t18?,19-,20-,21+,22-,24?/m0/s1. The van der Waals surface area contributed by atoms with Crippen molar-refractivity contribution in [3.05, 3.63) is 59.2 Å². The van der Waals surface area contributed by atoms with Crippen molar-refractivity contribution in [3.8, 4) is 5.75 Å². The fourth-order valence-electron chi connectivity index (χ4n) is 5.04. The molecular weight excluding hydrogens is 428 g/mol. The number of anilines is 1. The largest absolute Gasteiger partial charge is 0.479 e. The Balaban J connectivity index is 1.46. The van der Waals surface area contributed by atoms with Crippen molar-refractivity contribution >= 4 is 11.7 Å². The number of piperazine rings is 1. The number of aliphatic hydroxyl groups is 3. The number of nitrogens with zero attached hydrogens (tertiary/aromatic N) is 2. The van der Waals surface area contributed by atoms with Gasteiger partial charge in [-0.15, -0.1) is 0 Å². The fraction of sp³-hybridized carbons (Fsp3) is 0.458. The molecule has 3 aliphatic heterocycles. The first kappa shape index (κ1) is 22.1. The summed E-state index contributed by atoms with van der Waals surface area (Å²) in [5, 5.41) is 39.5. The molecule has 5 rings (SSSR count). The SMILES string of the molecule is CN1CCN2c3ccccc3Cc3cc(OC4O[C@H](C(=O)O)[C@@H](O)[C@H](O)[C@H]4O)ccc3C2C1. The summed E-state index contributed by atoms with van der Waals surface area (Å²) in [6, 6.07) is 14.2. The van der Waals surface area contributed by atoms with E-state index in [-0.39, 0.29) is 6.04 Å². The Morgan fingerprint density at radius 3 is 2.61 bits per heavy atom. The second kappa shape index (κ2) is 8.58. The van der Waals surface area contributed by atoms with Crippen LogP contribution in [-0.2, 0) is 16.0 Å². The molecule has 0 amide bonds. The molecule has 6 atom stereocenters. The van der Waals surface area contributed by atoms with E-state index in [9.17, 15) is 25.2 Å². The minimum absolute atomic E-state index is 0.182. The fourth-order valence-corrected chi connectivity index (χ4v) is 5.04. The van der Waals surface area contributed by atoms with Crippen molar-refractivity contribution < 1.29 is 34.7 Å². The molecule has 3 aliphatic rings. The first-order valence-corrected chi connectivity index (χ1v) is 11.1. The molecule has 2 saturated heterocycles. The Morgan fingerprint density at radius 1 is 1.03 bits per heavy atom. The van der Waals surface area contributed by atoms with Gasteiger partial charge in [0.15, 0.2) is 6.10 Å². The highest BCUT2D eigenvalue weighted by molar-refractivity contribution is 5.73. The molecule has 9 nitrogen and oxygen atoms in total. The number of rotatable bonds is 3. The van der Waals surface area contributed by atoms with Crippen molar-refractivity contribution in [2.24, 2.45) is 0 Å². The number of para-hydroxylation sites is 1. The number of hydrogen-bond acceptors (Lipinski definition) is 8. The van der Waals surface area contributed by atoms with Crippen LogP contribution in [0.5, 0.6) is 5.75 Å². The number of benzene rings is 2. The van der Waals surface area contributed by atoms with E-state index in [1.165, 1.54) is 16.8 Å². The second-order valence-corrected chi connectivity index (χ2v) is 8.99. The average Bonchev–Trinajstić information content (AvgIpc) is 2.93. The zero-order valence-corrected chi connectivity index (χ0v) is 18.2. The number of likely N-dealkylation sites (N-methyl/N-ethyl adjacent to an activating group) is 1. The van der Waals surface area contributed by atoms with Crippen LogP contribution in [0.3, 0.4) is 0 Å². The predicted molar refractivity (Wildman–Crippen MR) is 118 cm³/mol. The average molecular weight is 456 g/mol. The highest BCUT2D eigenvalue weighted by atomic mass is 16.7. The van der Waals surface area contributed by atoms with E-state index in [4.69, 9.17) is 9.47 Å². The van der Waals surface area contributed by atoms with Gasteiger partial charge in [0.1, 0.15) is 24.1 Å². The van der Waals surface area contributed by atoms with Gasteiger partial charge in [0.25, 0.3) is 0 Å². The number of ether oxygens (including phenoxy) is 2. The van der Waals surface area contributed by atoms with E-state index in [0.29, 0.717) is 12.2 Å². The number of aliphatic carboxylic acids is 1. The van der Waals surface area contributed by atoms with Gasteiger partial charge in [0, 0.05) is 25.3 Å². The number of carbonyl (C=O) groups is 1. The molecule has 2 unspecified atom stereocenters. The topological polar surface area (TPSA) is 123 Å². The first-order valence-electron chi connectivity index (χ1n) is 11.1. The summed E-state index contributed by atoms with van der Waals surface area (Å²) in [5.74, 6) is -1.05. The van der Waals surface area contributed by atoms with Crippen LogP contribution < -0.4 is 9.64 Å². The lowest BCUT2D eigenvalue weighted by Crippen LogP contribution is -2.61. The number of hydrogen-bond donors (Lipinski definition) is 4. The highest BCUT2D eigenvalue weighted by Gasteiger charge is 2.48. The number of fused-ring (bicyclic) bond motifs is 5. The summed E-state index contributed by atoms with van der Waals surface area (Å²) in [7, 11) is 2.12. The molecule has 2 fully saturated rings. The summed E-state index contributed by atoms with van der Waals surface area (Å²) in [4.78, 5) is 16.1. The molecule has 3 heterocycles. The lowest BCUT2D eigenvalue weighted by Gasteiger charge is -2.42. The van der Waals surface area contributed by atoms with Crippen molar-refractivity contribution in [2.45, 2.75) is 43.2 Å². The van der Waals surface area contributed by atoms with Gasteiger partial charge in [-0.05, 0) is 48.4 Å². The summed E-state index contributed by atoms with van der Waals surface area (Å²) >= 11 is 0. The van der Waals surface area contributed by atoms with E-state index >= 15 is 0 Å². The van der Waals surface area contributed by atoms with Gasteiger partial charge in [-0.2, -0.15) is 0 Å². The van der Waals surface area contributed by atoms with Crippen LogP contribution in [0.25, 0.3) is 0 Å². The molecule has 0 spiro atoms. The molecule has 0 aromatic heterocycles. The Hall–Kier alpha value is -2.69. The van der Waals surface area contributed by atoms with Crippen LogP contribution in [0.2, 0.25) is 0 Å². The molecule has 0 radical (unpaired) electrons. The van der Waals surface area contributed by atoms with E-state index < -0.39 is 36.7 Å². The summed E-state index contributed by atoms with van der Waals surface area (Å²) in [6.45, 7) is 2.79. The van der Waals surface area contributed by atoms with Crippen molar-refractivity contribution in [1.82, 2.24) is 4.90 Å². The molecule has 2 aromatic rings. The monoisotopic (exact) mass is 456 g/mol. The molecule has 4 N–H and O–H groups in total. The van der Waals surface area contributed by atoms with E-state index in [1.807, 2.05) is 18.2 Å². The molecule has 0 saturated carbocycles. The maximum atomic E-state index is 11.4. The molecule has 2 aromatic carbocycles. The molecule has 0 aliphatic carbocycles. The minimum Gasteiger partial charge on any atom is -0.479 e. The number of aliphatic hydroxyl groups excluding tert-OH is 3. The van der Waals surface area contributed by atoms with Gasteiger partial charge in [0.2, 0.25) is 6.29 Å². The number of carboxylic acids is 1. The van der Waals surface area contributed by atoms with Crippen LogP contribution in [0.1, 0.15) is 22.7 Å². The normalized spacial score (nSPS) is 31.7. The van der Waals surface area contributed by atoms with Crippen LogP contribution in [0.4, 0.5) is 5.69 Å². The summed E-state index contributed by atoms with van der Waals surface area (Å²) < 4.78 is 11.1. The van der Waals surface area contributed by atoms with E-state index in [1.54, 1.807) is 6.07 Å². The van der Waals surface area contributed by atoms with Gasteiger partial charge < -0.3 is 39.7 Å². The van der Waals surface area contributed by atoms with Crippen molar-refractivity contribution in [3.63, 3.8) is 0 Å². The van der Waals surface area contributed by atoms with E-state index in [0.717, 1.165) is 25.2 Å². The Morgan fingerprint density at radius 2 is 1.82 bits per heavy atom. The van der Waals surface area contributed by atoms with Crippen LogP contribution in [0.15, 0.2) is 42.5 Å². The lowest BCUT2D eigenvalue weighted by atomic mass is 9.95. The van der Waals surface area contributed by atoms with Gasteiger partial charge >= 0.3 is 5.97 Å². The molecule has 0 bridgehead atoms. The van der Waals surface area contributed by atoms with Gasteiger partial charge in [-0.25, -0.2) is 4.79 Å². The van der Waals surface area contributed by atoms with Gasteiger partial charge in [-0.3, -0.25) is 0 Å². The first-order chi connectivity index (χ1) is 15.8. The zero-order chi connectivity index (χ0) is 23.3. The predicted octanol–water partition coefficient (Wildman–Crippen LogP) is 0.355. The molecule has 176 valence electrons. The van der Waals surface area contributed by atoms with Gasteiger partial charge in [-0.1, -0.05) is 24.3 Å². The smallest absolute Gasteiger partial charge is 0.335 e. The molecule has 33 heavy (non-hydrogen) atoms. The maximum absolute atomic E-state index is 11.4. The van der Waals surface area contributed by atoms with Crippen molar-refractivity contribution in [2.75, 3.05) is 31.6 Å². The van der Waals surface area contributed by atoms with Crippen LogP contribution in [-0.4, -0.2) is 88.7 Å². The van der Waals surface area contributed by atoms with Crippen LogP contribution in [0, 0.1) is 0 Å². The summed E-state index contributed by atoms with van der Waals surface area (Å²) in [6.07, 6.45) is -7.49. The zero-order valence-electron chi connectivity index (χ0n) is 18.2. The molecule has 9 heteroatoms. The maximum Gasteiger partial charge on any atom is 0.335 e. The number of carboxylic acid groups (broad SMARTS) is 1. The Bertz CT molecular complexity index is 1050. The lowest BCUT2D eigenvalue weighted by molar-refractivity contribution is -0.271. The quantitative estimate of drug-likeness (QED) is 0.518. The van der Waals surface area contributed by atoms with Gasteiger partial charge in [0.05, 0.1) is 6.04 Å². The third kappa shape index (κ3) is 3.96. The summed E-state index contributed by atoms with van der Waals surface area (Å²) in [5.41, 5.74) is 4.70.